The van der Waals surface area contributed by atoms with Crippen molar-refractivity contribution in [3.63, 3.8) is 0 Å². The summed E-state index contributed by atoms with van der Waals surface area (Å²) in [5, 5.41) is 2.81. The van der Waals surface area contributed by atoms with Gasteiger partial charge in [0.1, 0.15) is 0 Å². The van der Waals surface area contributed by atoms with E-state index in [4.69, 9.17) is 0 Å². The number of nitrogens with zero attached hydrogens (tertiary/aromatic N) is 1. The smallest absolute Gasteiger partial charge is 0.255 e. The minimum absolute atomic E-state index is 0.194. The summed E-state index contributed by atoms with van der Waals surface area (Å²) in [6.45, 7) is 5.79. The van der Waals surface area contributed by atoms with Crippen LogP contribution >= 0.6 is 0 Å². The van der Waals surface area contributed by atoms with Gasteiger partial charge in [0.05, 0.1) is 17.4 Å². The van der Waals surface area contributed by atoms with E-state index in [1.54, 1.807) is 6.92 Å². The van der Waals surface area contributed by atoms with Crippen molar-refractivity contribution < 1.29 is 18.0 Å². The molecule has 1 atom stereocenters. The van der Waals surface area contributed by atoms with Crippen LogP contribution in [0.4, 0.5) is 11.4 Å². The average molecular weight is 386 g/mol. The van der Waals surface area contributed by atoms with Crippen molar-refractivity contribution in [1.82, 2.24) is 0 Å². The normalized spacial score (nSPS) is 18.7. The molecule has 0 radical (unpaired) electrons. The minimum atomic E-state index is -3.65. The second-order valence-electron chi connectivity index (χ2n) is 7.06. The quantitative estimate of drug-likeness (QED) is 0.873. The Bertz CT molecular complexity index is 964. The van der Waals surface area contributed by atoms with Gasteiger partial charge in [-0.1, -0.05) is 32.9 Å². The van der Waals surface area contributed by atoms with E-state index in [1.807, 2.05) is 24.3 Å². The molecule has 2 amide bonds. The van der Waals surface area contributed by atoms with Crippen LogP contribution in [0.15, 0.2) is 48.5 Å². The maximum absolute atomic E-state index is 12.4. The van der Waals surface area contributed by atoms with Gasteiger partial charge in [-0.3, -0.25) is 9.59 Å². The highest BCUT2D eigenvalue weighted by Gasteiger charge is 2.41. The van der Waals surface area contributed by atoms with Gasteiger partial charge in [0.2, 0.25) is 15.9 Å². The number of hydrogen-bond acceptors (Lipinski definition) is 4. The van der Waals surface area contributed by atoms with Gasteiger partial charge in [-0.15, -0.1) is 0 Å². The zero-order chi connectivity index (χ0) is 19.8. The molecule has 2 aromatic carbocycles. The highest BCUT2D eigenvalue weighted by molar-refractivity contribution is 7.94. The lowest BCUT2D eigenvalue weighted by atomic mass is 10.0. The van der Waals surface area contributed by atoms with Gasteiger partial charge >= 0.3 is 0 Å². The summed E-state index contributed by atoms with van der Waals surface area (Å²) in [5.74, 6) is -1.10. The molecule has 0 spiro atoms. The average Bonchev–Trinajstić information content (AvgIpc) is 2.82. The first-order valence-electron chi connectivity index (χ1n) is 8.77. The number of rotatable bonds is 4. The topological polar surface area (TPSA) is 83.6 Å². The Labute approximate surface area is 159 Å². The fourth-order valence-electron chi connectivity index (χ4n) is 2.99. The second-order valence-corrected chi connectivity index (χ2v) is 8.92. The van der Waals surface area contributed by atoms with Gasteiger partial charge in [0, 0.05) is 11.3 Å². The van der Waals surface area contributed by atoms with Gasteiger partial charge < -0.3 is 5.32 Å². The van der Waals surface area contributed by atoms with Crippen LogP contribution < -0.4 is 9.62 Å². The number of carbonyl (C=O) groups is 2. The van der Waals surface area contributed by atoms with Crippen LogP contribution in [0, 0.1) is 5.92 Å². The Morgan fingerprint density at radius 2 is 1.67 bits per heavy atom. The first-order chi connectivity index (χ1) is 12.7. The van der Waals surface area contributed by atoms with Gasteiger partial charge in [0.15, 0.2) is 0 Å². The van der Waals surface area contributed by atoms with Crippen LogP contribution in [0.2, 0.25) is 0 Å². The fourth-order valence-corrected chi connectivity index (χ4v) is 4.81. The van der Waals surface area contributed by atoms with E-state index in [9.17, 15) is 18.0 Å². The van der Waals surface area contributed by atoms with Gasteiger partial charge in [-0.2, -0.15) is 0 Å². The number of sulfonamides is 1. The van der Waals surface area contributed by atoms with E-state index in [1.165, 1.54) is 29.8 Å². The Morgan fingerprint density at radius 1 is 1.07 bits per heavy atom. The molecule has 1 N–H and O–H groups in total. The number of anilines is 2. The molecule has 0 aromatic heterocycles. The molecule has 2 aromatic rings. The molecule has 142 valence electrons. The molecule has 1 fully saturated rings. The molecule has 3 rings (SSSR count). The summed E-state index contributed by atoms with van der Waals surface area (Å²) >= 11 is 0. The van der Waals surface area contributed by atoms with Crippen LogP contribution in [0.3, 0.4) is 0 Å². The monoisotopic (exact) mass is 386 g/mol. The summed E-state index contributed by atoms with van der Waals surface area (Å²) in [6, 6.07) is 13.6. The first-order valence-corrected chi connectivity index (χ1v) is 10.4. The maximum atomic E-state index is 12.4. The lowest BCUT2D eigenvalue weighted by Gasteiger charge is -2.15. The molecule has 1 saturated heterocycles. The van der Waals surface area contributed by atoms with E-state index in [2.05, 4.69) is 19.2 Å². The molecule has 27 heavy (non-hydrogen) atoms. The van der Waals surface area contributed by atoms with E-state index in [0.29, 0.717) is 17.2 Å². The molecule has 1 aliphatic rings. The Balaban J connectivity index is 1.75. The summed E-state index contributed by atoms with van der Waals surface area (Å²) < 4.78 is 25.1. The van der Waals surface area contributed by atoms with Gasteiger partial charge in [0.25, 0.3) is 5.91 Å². The van der Waals surface area contributed by atoms with Crippen molar-refractivity contribution in [2.24, 2.45) is 5.92 Å². The van der Waals surface area contributed by atoms with Crippen molar-refractivity contribution in [3.8, 4) is 0 Å². The third-order valence-electron chi connectivity index (χ3n) is 4.56. The third kappa shape index (κ3) is 3.88. The number of nitrogens with one attached hydrogen (secondary N) is 1. The summed E-state index contributed by atoms with van der Waals surface area (Å²) in [5.41, 5.74) is 2.49. The standard InChI is InChI=1S/C20H22N2O4S/c1-13(2)15-4-8-17(9-5-15)21-19(23)16-6-10-18(11-7-16)22-20(24)14(3)12-27(22,25)26/h4-11,13-14H,12H2,1-3H3,(H,21,23)/t14-/m1/s1. The summed E-state index contributed by atoms with van der Waals surface area (Å²) in [6.07, 6.45) is 0. The highest BCUT2D eigenvalue weighted by Crippen LogP contribution is 2.28. The fraction of sp³-hybridized carbons (Fsp3) is 0.300. The minimum Gasteiger partial charge on any atom is -0.322 e. The van der Waals surface area contributed by atoms with Gasteiger partial charge in [-0.25, -0.2) is 12.7 Å². The zero-order valence-corrected chi connectivity index (χ0v) is 16.3. The number of amides is 2. The van der Waals surface area contributed by atoms with Crippen molar-refractivity contribution >= 4 is 33.2 Å². The van der Waals surface area contributed by atoms with E-state index < -0.39 is 21.8 Å². The van der Waals surface area contributed by atoms with Crippen LogP contribution in [0.25, 0.3) is 0 Å². The molecule has 1 aliphatic heterocycles. The van der Waals surface area contributed by atoms with Crippen molar-refractivity contribution in [2.45, 2.75) is 26.7 Å². The maximum Gasteiger partial charge on any atom is 0.255 e. The van der Waals surface area contributed by atoms with Crippen LogP contribution in [0.5, 0.6) is 0 Å². The molecule has 0 saturated carbocycles. The second kappa shape index (κ2) is 7.15. The predicted molar refractivity (Wildman–Crippen MR) is 105 cm³/mol. The first kappa shape index (κ1) is 19.1. The van der Waals surface area contributed by atoms with Crippen LogP contribution in [-0.2, 0) is 14.8 Å². The highest BCUT2D eigenvalue weighted by atomic mass is 32.2. The lowest BCUT2D eigenvalue weighted by Crippen LogP contribution is -2.30. The van der Waals surface area contributed by atoms with Crippen molar-refractivity contribution in [2.75, 3.05) is 15.4 Å². The number of carbonyl (C=O) groups excluding carboxylic acids is 2. The van der Waals surface area contributed by atoms with E-state index in [-0.39, 0.29) is 17.3 Å². The number of benzene rings is 2. The zero-order valence-electron chi connectivity index (χ0n) is 15.5. The summed E-state index contributed by atoms with van der Waals surface area (Å²) in [4.78, 5) is 24.5. The molecule has 6 nitrogen and oxygen atoms in total. The van der Waals surface area contributed by atoms with Crippen LogP contribution in [-0.4, -0.2) is 26.0 Å². The molecule has 0 aliphatic carbocycles. The Morgan fingerprint density at radius 3 is 2.15 bits per heavy atom. The Hall–Kier alpha value is -2.67. The molecule has 1 heterocycles. The third-order valence-corrected chi connectivity index (χ3v) is 6.43. The van der Waals surface area contributed by atoms with Crippen LogP contribution in [0.1, 0.15) is 42.6 Å². The molecule has 0 unspecified atom stereocenters. The molecular weight excluding hydrogens is 364 g/mol. The predicted octanol–water partition coefficient (Wildman–Crippen LogP) is 3.37. The van der Waals surface area contributed by atoms with E-state index >= 15 is 0 Å². The van der Waals surface area contributed by atoms with Crippen molar-refractivity contribution in [3.05, 3.63) is 59.7 Å². The SMILES string of the molecule is CC(C)c1ccc(NC(=O)c2ccc(N3C(=O)[C@H](C)CS3(=O)=O)cc2)cc1. The van der Waals surface area contributed by atoms with E-state index in [0.717, 1.165) is 4.31 Å². The molecular formula is C20H22N2O4S. The molecule has 0 bridgehead atoms. The Kier molecular flexibility index (Phi) is 5.06. The number of hydrogen-bond donors (Lipinski definition) is 1. The molecule has 7 heteroatoms. The lowest BCUT2D eigenvalue weighted by molar-refractivity contribution is -0.119. The van der Waals surface area contributed by atoms with Gasteiger partial charge in [-0.05, 0) is 47.9 Å². The summed E-state index contributed by atoms with van der Waals surface area (Å²) in [7, 11) is -3.65. The largest absolute Gasteiger partial charge is 0.322 e. The van der Waals surface area contributed by atoms with Crippen molar-refractivity contribution in [1.29, 1.82) is 0 Å².